The SMILES string of the molecule is COc1ccc2c(c1)C(O)C1(CCNC1)N2. The molecule has 1 spiro atoms. The molecule has 2 heterocycles. The molecule has 3 N–H and O–H groups in total. The molecule has 1 aromatic rings. The van der Waals surface area contributed by atoms with Crippen molar-refractivity contribution in [2.24, 2.45) is 0 Å². The Balaban J connectivity index is 2.00. The highest BCUT2D eigenvalue weighted by Crippen LogP contribution is 2.45. The monoisotopic (exact) mass is 220 g/mol. The standard InChI is InChI=1S/C12H16N2O2/c1-16-8-2-3-10-9(6-8)11(15)12(14-10)4-5-13-7-12/h2-3,6,11,13-15H,4-5,7H2,1H3. The zero-order chi connectivity index (χ0) is 11.2. The predicted molar refractivity (Wildman–Crippen MR) is 61.8 cm³/mol. The van der Waals surface area contributed by atoms with E-state index in [1.165, 1.54) is 0 Å². The maximum Gasteiger partial charge on any atom is 0.119 e. The van der Waals surface area contributed by atoms with Gasteiger partial charge in [0.05, 0.1) is 12.6 Å². The number of hydrogen-bond acceptors (Lipinski definition) is 4. The van der Waals surface area contributed by atoms with Crippen LogP contribution in [0, 0.1) is 0 Å². The molecule has 1 aromatic carbocycles. The van der Waals surface area contributed by atoms with Crippen molar-refractivity contribution < 1.29 is 9.84 Å². The zero-order valence-electron chi connectivity index (χ0n) is 9.29. The Labute approximate surface area is 94.6 Å². The molecule has 0 saturated carbocycles. The summed E-state index contributed by atoms with van der Waals surface area (Å²) in [5, 5.41) is 17.1. The number of rotatable bonds is 1. The number of aliphatic hydroxyl groups is 1. The van der Waals surface area contributed by atoms with Crippen molar-refractivity contribution in [2.75, 3.05) is 25.5 Å². The zero-order valence-corrected chi connectivity index (χ0v) is 9.29. The largest absolute Gasteiger partial charge is 0.497 e. The maximum absolute atomic E-state index is 10.4. The number of aliphatic hydroxyl groups excluding tert-OH is 1. The van der Waals surface area contributed by atoms with Crippen LogP contribution in [0.15, 0.2) is 18.2 Å². The molecule has 2 unspecified atom stereocenters. The Kier molecular flexibility index (Phi) is 2.09. The van der Waals surface area contributed by atoms with E-state index in [2.05, 4.69) is 10.6 Å². The lowest BCUT2D eigenvalue weighted by Gasteiger charge is -2.27. The molecular weight excluding hydrogens is 204 g/mol. The molecule has 0 amide bonds. The molecule has 0 bridgehead atoms. The van der Waals surface area contributed by atoms with E-state index in [-0.39, 0.29) is 5.54 Å². The van der Waals surface area contributed by atoms with Gasteiger partial charge in [0.25, 0.3) is 0 Å². The number of methoxy groups -OCH3 is 1. The van der Waals surface area contributed by atoms with Gasteiger partial charge in [-0.3, -0.25) is 0 Å². The second-order valence-corrected chi connectivity index (χ2v) is 4.56. The third-order valence-corrected chi connectivity index (χ3v) is 3.65. The third kappa shape index (κ3) is 1.23. The van der Waals surface area contributed by atoms with Gasteiger partial charge in [-0.05, 0) is 31.2 Å². The summed E-state index contributed by atoms with van der Waals surface area (Å²) in [5.74, 6) is 0.794. The van der Waals surface area contributed by atoms with Gasteiger partial charge < -0.3 is 20.5 Å². The van der Waals surface area contributed by atoms with Crippen LogP contribution in [-0.4, -0.2) is 30.8 Å². The van der Waals surface area contributed by atoms with E-state index < -0.39 is 6.10 Å². The van der Waals surface area contributed by atoms with Gasteiger partial charge >= 0.3 is 0 Å². The summed E-state index contributed by atoms with van der Waals surface area (Å²) in [5.41, 5.74) is 1.76. The van der Waals surface area contributed by atoms with Crippen LogP contribution in [0.1, 0.15) is 18.1 Å². The van der Waals surface area contributed by atoms with E-state index >= 15 is 0 Å². The summed E-state index contributed by atoms with van der Waals surface area (Å²) in [6.45, 7) is 1.76. The number of ether oxygens (including phenoxy) is 1. The molecule has 0 aliphatic carbocycles. The van der Waals surface area contributed by atoms with Gasteiger partial charge in [-0.2, -0.15) is 0 Å². The minimum Gasteiger partial charge on any atom is -0.497 e. The number of fused-ring (bicyclic) bond motifs is 1. The van der Waals surface area contributed by atoms with Crippen LogP contribution in [-0.2, 0) is 0 Å². The Hall–Kier alpha value is -1.26. The molecule has 0 radical (unpaired) electrons. The molecule has 1 saturated heterocycles. The fourth-order valence-corrected chi connectivity index (χ4v) is 2.69. The first-order valence-corrected chi connectivity index (χ1v) is 5.60. The first kappa shape index (κ1) is 9.93. The second kappa shape index (κ2) is 3.37. The van der Waals surface area contributed by atoms with E-state index in [9.17, 15) is 5.11 Å². The molecular formula is C12H16N2O2. The summed E-state index contributed by atoms with van der Waals surface area (Å²) < 4.78 is 5.18. The maximum atomic E-state index is 10.4. The van der Waals surface area contributed by atoms with Crippen molar-refractivity contribution in [3.63, 3.8) is 0 Å². The molecule has 0 aromatic heterocycles. The molecule has 86 valence electrons. The van der Waals surface area contributed by atoms with Crippen LogP contribution in [0.2, 0.25) is 0 Å². The fourth-order valence-electron chi connectivity index (χ4n) is 2.69. The van der Waals surface area contributed by atoms with Crippen LogP contribution >= 0.6 is 0 Å². The summed E-state index contributed by atoms with van der Waals surface area (Å²) in [6, 6.07) is 5.81. The Bertz CT molecular complexity index is 413. The first-order chi connectivity index (χ1) is 7.75. The number of hydrogen-bond donors (Lipinski definition) is 3. The van der Waals surface area contributed by atoms with E-state index in [1.807, 2.05) is 18.2 Å². The molecule has 16 heavy (non-hydrogen) atoms. The van der Waals surface area contributed by atoms with Crippen LogP contribution < -0.4 is 15.4 Å². The highest BCUT2D eigenvalue weighted by Gasteiger charge is 2.47. The van der Waals surface area contributed by atoms with Crippen molar-refractivity contribution >= 4 is 5.69 Å². The van der Waals surface area contributed by atoms with E-state index in [0.29, 0.717) is 0 Å². The van der Waals surface area contributed by atoms with Gasteiger partial charge in [0.2, 0.25) is 0 Å². The summed E-state index contributed by atoms with van der Waals surface area (Å²) >= 11 is 0. The van der Waals surface area contributed by atoms with Gasteiger partial charge in [0, 0.05) is 17.8 Å². The predicted octanol–water partition coefficient (Wildman–Crippen LogP) is 0.886. The van der Waals surface area contributed by atoms with Crippen LogP contribution in [0.5, 0.6) is 5.75 Å². The lowest BCUT2D eigenvalue weighted by Crippen LogP contribution is -2.41. The molecule has 3 rings (SSSR count). The van der Waals surface area contributed by atoms with Crippen molar-refractivity contribution in [2.45, 2.75) is 18.1 Å². The van der Waals surface area contributed by atoms with Crippen molar-refractivity contribution in [3.05, 3.63) is 23.8 Å². The Morgan fingerprint density at radius 3 is 3.06 bits per heavy atom. The van der Waals surface area contributed by atoms with Crippen LogP contribution in [0.4, 0.5) is 5.69 Å². The first-order valence-electron chi connectivity index (χ1n) is 5.60. The molecule has 2 aliphatic rings. The smallest absolute Gasteiger partial charge is 0.119 e. The quantitative estimate of drug-likeness (QED) is 0.658. The van der Waals surface area contributed by atoms with Gasteiger partial charge in [0.15, 0.2) is 0 Å². The van der Waals surface area contributed by atoms with Gasteiger partial charge in [0.1, 0.15) is 11.9 Å². The summed E-state index contributed by atoms with van der Waals surface area (Å²) in [6.07, 6.45) is 0.498. The number of nitrogens with one attached hydrogen (secondary N) is 2. The topological polar surface area (TPSA) is 53.5 Å². The Morgan fingerprint density at radius 1 is 1.50 bits per heavy atom. The molecule has 2 aliphatic heterocycles. The van der Waals surface area contributed by atoms with Gasteiger partial charge in [-0.15, -0.1) is 0 Å². The molecule has 4 nitrogen and oxygen atoms in total. The normalized spacial score (nSPS) is 31.5. The summed E-state index contributed by atoms with van der Waals surface area (Å²) in [7, 11) is 1.64. The fraction of sp³-hybridized carbons (Fsp3) is 0.500. The van der Waals surface area contributed by atoms with Crippen molar-refractivity contribution in [3.8, 4) is 5.75 Å². The lowest BCUT2D eigenvalue weighted by molar-refractivity contribution is 0.117. The number of anilines is 1. The minimum absolute atomic E-state index is 0.214. The average molecular weight is 220 g/mol. The Morgan fingerprint density at radius 2 is 2.38 bits per heavy atom. The lowest BCUT2D eigenvalue weighted by atomic mass is 9.91. The van der Waals surface area contributed by atoms with Crippen LogP contribution in [0.3, 0.4) is 0 Å². The van der Waals surface area contributed by atoms with Crippen molar-refractivity contribution in [1.82, 2.24) is 5.32 Å². The van der Waals surface area contributed by atoms with Gasteiger partial charge in [-0.1, -0.05) is 0 Å². The van der Waals surface area contributed by atoms with E-state index in [4.69, 9.17) is 4.74 Å². The van der Waals surface area contributed by atoms with E-state index in [1.54, 1.807) is 7.11 Å². The highest BCUT2D eigenvalue weighted by atomic mass is 16.5. The summed E-state index contributed by atoms with van der Waals surface area (Å²) in [4.78, 5) is 0. The van der Waals surface area contributed by atoms with Gasteiger partial charge in [-0.25, -0.2) is 0 Å². The second-order valence-electron chi connectivity index (χ2n) is 4.56. The van der Waals surface area contributed by atoms with Crippen molar-refractivity contribution in [1.29, 1.82) is 0 Å². The number of benzene rings is 1. The molecule has 2 atom stereocenters. The van der Waals surface area contributed by atoms with Crippen LogP contribution in [0.25, 0.3) is 0 Å². The molecule has 4 heteroatoms. The highest BCUT2D eigenvalue weighted by molar-refractivity contribution is 5.63. The minimum atomic E-state index is -0.451. The third-order valence-electron chi connectivity index (χ3n) is 3.65. The molecule has 1 fully saturated rings. The van der Waals surface area contributed by atoms with E-state index in [0.717, 1.165) is 36.5 Å². The average Bonchev–Trinajstić information content (AvgIpc) is 2.87.